The van der Waals surface area contributed by atoms with Crippen molar-refractivity contribution in [1.29, 1.82) is 0 Å². The van der Waals surface area contributed by atoms with Crippen LogP contribution >= 0.6 is 0 Å². The number of rotatable bonds is 9. The van der Waals surface area contributed by atoms with E-state index in [-0.39, 0.29) is 11.8 Å². The Morgan fingerprint density at radius 1 is 1.25 bits per heavy atom. The highest BCUT2D eigenvalue weighted by Gasteiger charge is 2.28. The molecule has 7 nitrogen and oxygen atoms in total. The third kappa shape index (κ3) is 5.66. The predicted octanol–water partition coefficient (Wildman–Crippen LogP) is 3.03. The summed E-state index contributed by atoms with van der Waals surface area (Å²) in [4.78, 5) is 23.5. The summed E-state index contributed by atoms with van der Waals surface area (Å²) in [6, 6.07) is 9.53. The molecule has 1 saturated heterocycles. The molecular formula is C21H28N4O3. The first-order chi connectivity index (χ1) is 13.8. The van der Waals surface area contributed by atoms with E-state index < -0.39 is 0 Å². The van der Waals surface area contributed by atoms with E-state index >= 15 is 0 Å². The third-order valence-electron chi connectivity index (χ3n) is 4.66. The van der Waals surface area contributed by atoms with Gasteiger partial charge in [-0.3, -0.25) is 4.79 Å². The molecule has 7 heteroatoms. The number of amides is 1. The van der Waals surface area contributed by atoms with Crippen molar-refractivity contribution in [2.75, 3.05) is 37.7 Å². The number of hydrogen-bond acceptors (Lipinski definition) is 6. The van der Waals surface area contributed by atoms with Crippen LogP contribution in [0.2, 0.25) is 0 Å². The highest BCUT2D eigenvalue weighted by molar-refractivity contribution is 5.79. The van der Waals surface area contributed by atoms with Gasteiger partial charge in [0.1, 0.15) is 5.75 Å². The van der Waals surface area contributed by atoms with Gasteiger partial charge in [-0.15, -0.1) is 0 Å². The first-order valence-corrected chi connectivity index (χ1v) is 9.92. The normalized spacial score (nSPS) is 16.6. The quantitative estimate of drug-likeness (QED) is 0.670. The zero-order chi connectivity index (χ0) is 19.6. The average Bonchev–Trinajstić information content (AvgIpc) is 2.75. The molecule has 1 N–H and O–H groups in total. The van der Waals surface area contributed by atoms with E-state index in [0.29, 0.717) is 43.8 Å². The minimum absolute atomic E-state index is 0.0626. The van der Waals surface area contributed by atoms with Gasteiger partial charge in [0.15, 0.2) is 5.82 Å². The highest BCUT2D eigenvalue weighted by Crippen LogP contribution is 2.30. The summed E-state index contributed by atoms with van der Waals surface area (Å²) in [6.07, 6.45) is 5.91. The molecule has 0 bridgehead atoms. The van der Waals surface area contributed by atoms with Gasteiger partial charge < -0.3 is 19.7 Å². The van der Waals surface area contributed by atoms with E-state index in [1.807, 2.05) is 37.3 Å². The number of nitrogens with zero attached hydrogens (tertiary/aromatic N) is 3. The molecule has 2 heterocycles. The Bertz CT molecular complexity index is 741. The predicted molar refractivity (Wildman–Crippen MR) is 108 cm³/mol. The lowest BCUT2D eigenvalue weighted by Crippen LogP contribution is -2.43. The maximum Gasteiger partial charge on any atom is 0.263 e. The van der Waals surface area contributed by atoms with E-state index in [2.05, 4.69) is 20.2 Å². The van der Waals surface area contributed by atoms with Crippen molar-refractivity contribution in [2.24, 2.45) is 5.92 Å². The van der Waals surface area contributed by atoms with Crippen molar-refractivity contribution >= 4 is 11.7 Å². The van der Waals surface area contributed by atoms with E-state index in [0.717, 1.165) is 25.8 Å². The number of para-hydroxylation sites is 1. The van der Waals surface area contributed by atoms with Crippen LogP contribution in [0.25, 0.3) is 0 Å². The zero-order valence-electron chi connectivity index (χ0n) is 16.3. The Morgan fingerprint density at radius 3 is 2.89 bits per heavy atom. The first-order valence-electron chi connectivity index (χ1n) is 9.92. The summed E-state index contributed by atoms with van der Waals surface area (Å²) in [6.45, 7) is 5.43. The second kappa shape index (κ2) is 10.6. The van der Waals surface area contributed by atoms with Crippen LogP contribution in [0.4, 0.5) is 5.82 Å². The van der Waals surface area contributed by atoms with E-state index in [4.69, 9.17) is 9.47 Å². The number of carbonyl (C=O) groups excluding carboxylic acids is 1. The molecule has 28 heavy (non-hydrogen) atoms. The van der Waals surface area contributed by atoms with E-state index in [1.54, 1.807) is 12.4 Å². The topological polar surface area (TPSA) is 76.6 Å². The number of carbonyl (C=O) groups is 1. The van der Waals surface area contributed by atoms with Crippen LogP contribution in [0, 0.1) is 5.92 Å². The van der Waals surface area contributed by atoms with Crippen molar-refractivity contribution in [1.82, 2.24) is 15.3 Å². The molecule has 150 valence electrons. The fraction of sp³-hybridized carbons (Fsp3) is 0.476. The van der Waals surface area contributed by atoms with Crippen LogP contribution in [0.3, 0.4) is 0 Å². The summed E-state index contributed by atoms with van der Waals surface area (Å²) in [5.74, 6) is 1.89. The summed E-state index contributed by atoms with van der Waals surface area (Å²) in [5, 5.41) is 3.02. The van der Waals surface area contributed by atoms with Gasteiger partial charge in [0.2, 0.25) is 5.91 Å². The Balaban J connectivity index is 1.60. The van der Waals surface area contributed by atoms with Crippen LogP contribution in [-0.4, -0.2) is 48.7 Å². The Kier molecular flexibility index (Phi) is 7.61. The Labute approximate surface area is 166 Å². The van der Waals surface area contributed by atoms with Crippen LogP contribution in [0.15, 0.2) is 42.7 Å². The van der Waals surface area contributed by atoms with Gasteiger partial charge in [-0.2, -0.15) is 0 Å². The molecule has 1 aromatic heterocycles. The number of piperidine rings is 1. The largest absolute Gasteiger partial charge is 0.436 e. The van der Waals surface area contributed by atoms with Gasteiger partial charge >= 0.3 is 0 Å². The summed E-state index contributed by atoms with van der Waals surface area (Å²) in [7, 11) is 0. The molecular weight excluding hydrogens is 356 g/mol. The number of anilines is 1. The van der Waals surface area contributed by atoms with Crippen LogP contribution in [-0.2, 0) is 9.53 Å². The highest BCUT2D eigenvalue weighted by atomic mass is 16.5. The summed E-state index contributed by atoms with van der Waals surface area (Å²) >= 11 is 0. The standard InChI is InChI=1S/C21H28N4O3/c1-2-27-15-7-11-23-20(26)17-8-6-14-25(16-17)19-21(24-13-12-22-19)28-18-9-4-3-5-10-18/h3-5,9-10,12-13,17H,2,6-8,11,14-16H2,1H3,(H,23,26). The Hall–Kier alpha value is -2.67. The van der Waals surface area contributed by atoms with Gasteiger partial charge in [-0.25, -0.2) is 9.97 Å². The van der Waals surface area contributed by atoms with Gasteiger partial charge in [0.25, 0.3) is 5.88 Å². The summed E-state index contributed by atoms with van der Waals surface area (Å²) in [5.41, 5.74) is 0. The lowest BCUT2D eigenvalue weighted by molar-refractivity contribution is -0.125. The minimum Gasteiger partial charge on any atom is -0.436 e. The zero-order valence-corrected chi connectivity index (χ0v) is 16.3. The second-order valence-electron chi connectivity index (χ2n) is 6.73. The fourth-order valence-electron chi connectivity index (χ4n) is 3.27. The SMILES string of the molecule is CCOCCCNC(=O)C1CCCN(c2nccnc2Oc2ccccc2)C1. The van der Waals surface area contributed by atoms with Crippen LogP contribution in [0.1, 0.15) is 26.2 Å². The van der Waals surface area contributed by atoms with Crippen molar-refractivity contribution in [3.63, 3.8) is 0 Å². The van der Waals surface area contributed by atoms with Crippen molar-refractivity contribution in [2.45, 2.75) is 26.2 Å². The molecule has 2 aromatic rings. The second-order valence-corrected chi connectivity index (χ2v) is 6.73. The molecule has 1 atom stereocenters. The van der Waals surface area contributed by atoms with Crippen LogP contribution < -0.4 is 15.0 Å². The molecule has 0 aliphatic carbocycles. The van der Waals surface area contributed by atoms with E-state index in [9.17, 15) is 4.79 Å². The Morgan fingerprint density at radius 2 is 2.07 bits per heavy atom. The van der Waals surface area contributed by atoms with Crippen molar-refractivity contribution < 1.29 is 14.3 Å². The lowest BCUT2D eigenvalue weighted by atomic mass is 9.97. The van der Waals surface area contributed by atoms with Gasteiger partial charge in [0.05, 0.1) is 5.92 Å². The first kappa shape index (κ1) is 20.1. The van der Waals surface area contributed by atoms with Gasteiger partial charge in [-0.05, 0) is 38.3 Å². The molecule has 1 aromatic carbocycles. The van der Waals surface area contributed by atoms with E-state index in [1.165, 1.54) is 0 Å². The molecule has 0 radical (unpaired) electrons. The molecule has 1 unspecified atom stereocenters. The lowest BCUT2D eigenvalue weighted by Gasteiger charge is -2.33. The van der Waals surface area contributed by atoms with Crippen molar-refractivity contribution in [3.8, 4) is 11.6 Å². The number of aromatic nitrogens is 2. The number of ether oxygens (including phenoxy) is 2. The molecule has 1 aliphatic rings. The van der Waals surface area contributed by atoms with Crippen LogP contribution in [0.5, 0.6) is 11.6 Å². The molecule has 1 fully saturated rings. The van der Waals surface area contributed by atoms with Crippen molar-refractivity contribution in [3.05, 3.63) is 42.7 Å². The number of nitrogens with one attached hydrogen (secondary N) is 1. The number of benzene rings is 1. The average molecular weight is 384 g/mol. The van der Waals surface area contributed by atoms with Gasteiger partial charge in [0, 0.05) is 45.2 Å². The number of hydrogen-bond donors (Lipinski definition) is 1. The minimum atomic E-state index is -0.0626. The summed E-state index contributed by atoms with van der Waals surface area (Å²) < 4.78 is 11.2. The molecule has 0 saturated carbocycles. The monoisotopic (exact) mass is 384 g/mol. The smallest absolute Gasteiger partial charge is 0.263 e. The van der Waals surface area contributed by atoms with Gasteiger partial charge in [-0.1, -0.05) is 18.2 Å². The molecule has 1 amide bonds. The maximum absolute atomic E-state index is 12.5. The molecule has 1 aliphatic heterocycles. The molecule has 0 spiro atoms. The fourth-order valence-corrected chi connectivity index (χ4v) is 3.27. The molecule has 3 rings (SSSR count). The third-order valence-corrected chi connectivity index (χ3v) is 4.66. The maximum atomic E-state index is 12.5.